The first-order valence-electron chi connectivity index (χ1n) is 2.83. The van der Waals surface area contributed by atoms with Gasteiger partial charge in [-0.25, -0.2) is 0 Å². The lowest BCUT2D eigenvalue weighted by atomic mass is 10.2. The Kier molecular flexibility index (Phi) is 1.81. The fraction of sp³-hybridized carbons (Fsp3) is 1.00. The van der Waals surface area contributed by atoms with Crippen molar-refractivity contribution in [1.82, 2.24) is 5.32 Å². The largest absolute Gasteiger partial charge is 0.311 e. The van der Waals surface area contributed by atoms with Crippen LogP contribution >= 0.6 is 0 Å². The number of rotatable bonds is 1. The Morgan fingerprint density at radius 1 is 1.75 bits per heavy atom. The van der Waals surface area contributed by atoms with E-state index in [0.717, 1.165) is 6.42 Å². The molecule has 0 saturated carbocycles. The van der Waals surface area contributed by atoms with E-state index in [9.17, 15) is 4.53 Å². The zero-order valence-corrected chi connectivity index (χ0v) is 4.86. The summed E-state index contributed by atoms with van der Waals surface area (Å²) >= 11 is 0. The van der Waals surface area contributed by atoms with Crippen LogP contribution in [0.5, 0.6) is 0 Å². The van der Waals surface area contributed by atoms with Gasteiger partial charge in [-0.2, -0.15) is 4.94 Å². The van der Waals surface area contributed by atoms with Gasteiger partial charge in [-0.05, 0) is 17.9 Å². The molecular weight excluding hydrogens is 109 g/mol. The lowest BCUT2D eigenvalue weighted by Gasteiger charge is -1.97. The summed E-state index contributed by atoms with van der Waals surface area (Å²) < 4.78 is 11.3. The molecule has 0 aliphatic carbocycles. The predicted octanol–water partition coefficient (Wildman–Crippen LogP) is 0.638. The molecular formula is C5H10FNO. The molecule has 1 heterocycles. The van der Waals surface area contributed by atoms with E-state index in [1.807, 2.05) is 6.92 Å². The van der Waals surface area contributed by atoms with Gasteiger partial charge < -0.3 is 5.32 Å². The minimum absolute atomic E-state index is 0.204. The van der Waals surface area contributed by atoms with E-state index < -0.39 is 0 Å². The van der Waals surface area contributed by atoms with E-state index in [0.29, 0.717) is 12.6 Å². The number of halogens is 1. The Bertz CT molecular complexity index is 78.8. The Labute approximate surface area is 47.9 Å². The molecule has 0 bridgehead atoms. The van der Waals surface area contributed by atoms with Crippen molar-refractivity contribution in [2.75, 3.05) is 6.54 Å². The average Bonchev–Trinajstić information content (AvgIpc) is 2.14. The highest BCUT2D eigenvalue weighted by Gasteiger charge is 2.21. The van der Waals surface area contributed by atoms with E-state index in [4.69, 9.17) is 0 Å². The van der Waals surface area contributed by atoms with Crippen LogP contribution in [0.1, 0.15) is 13.3 Å². The third kappa shape index (κ3) is 1.17. The molecule has 8 heavy (non-hydrogen) atoms. The molecule has 1 N–H and O–H groups in total. The second-order valence-electron chi connectivity index (χ2n) is 2.26. The van der Waals surface area contributed by atoms with Crippen LogP contribution in [0.25, 0.3) is 0 Å². The van der Waals surface area contributed by atoms with Gasteiger partial charge in [0.25, 0.3) is 0 Å². The third-order valence-electron chi connectivity index (χ3n) is 1.44. The van der Waals surface area contributed by atoms with Crippen molar-refractivity contribution in [3.05, 3.63) is 0 Å². The normalized spacial score (nSPS) is 38.2. The minimum atomic E-state index is -0.204. The van der Waals surface area contributed by atoms with E-state index in [2.05, 4.69) is 10.3 Å². The van der Waals surface area contributed by atoms with Crippen molar-refractivity contribution in [1.29, 1.82) is 0 Å². The van der Waals surface area contributed by atoms with Crippen molar-refractivity contribution < 1.29 is 9.47 Å². The van der Waals surface area contributed by atoms with Gasteiger partial charge in [-0.15, -0.1) is 0 Å². The lowest BCUT2D eigenvalue weighted by molar-refractivity contribution is -0.171. The molecule has 2 unspecified atom stereocenters. The number of hydrogen-bond donors (Lipinski definition) is 1. The maximum Gasteiger partial charge on any atom is 0.112 e. The van der Waals surface area contributed by atoms with Crippen molar-refractivity contribution in [3.8, 4) is 0 Å². The maximum absolute atomic E-state index is 11.3. The molecule has 1 fully saturated rings. The molecule has 1 saturated heterocycles. The van der Waals surface area contributed by atoms with E-state index in [1.165, 1.54) is 0 Å². The van der Waals surface area contributed by atoms with Crippen molar-refractivity contribution in [2.24, 2.45) is 0 Å². The molecule has 0 aromatic heterocycles. The Balaban J connectivity index is 2.22. The molecule has 2 nitrogen and oxygen atoms in total. The highest BCUT2D eigenvalue weighted by molar-refractivity contribution is 4.77. The van der Waals surface area contributed by atoms with E-state index >= 15 is 0 Å². The first-order valence-corrected chi connectivity index (χ1v) is 2.83. The highest BCUT2D eigenvalue weighted by atomic mass is 19.3. The van der Waals surface area contributed by atoms with Gasteiger partial charge in [0.2, 0.25) is 0 Å². The first kappa shape index (κ1) is 5.98. The summed E-state index contributed by atoms with van der Waals surface area (Å²) in [6, 6.07) is 0.413. The van der Waals surface area contributed by atoms with Gasteiger partial charge >= 0.3 is 0 Å². The van der Waals surface area contributed by atoms with Crippen LogP contribution in [0.2, 0.25) is 0 Å². The summed E-state index contributed by atoms with van der Waals surface area (Å²) in [5.74, 6) is 0. The van der Waals surface area contributed by atoms with Gasteiger partial charge in [0.15, 0.2) is 0 Å². The quantitative estimate of drug-likeness (QED) is 0.547. The second kappa shape index (κ2) is 2.42. The van der Waals surface area contributed by atoms with E-state index in [1.54, 1.807) is 0 Å². The minimum Gasteiger partial charge on any atom is -0.311 e. The van der Waals surface area contributed by atoms with Gasteiger partial charge in [0.05, 0.1) is 0 Å². The van der Waals surface area contributed by atoms with Crippen LogP contribution in [0.15, 0.2) is 0 Å². The van der Waals surface area contributed by atoms with E-state index in [-0.39, 0.29) is 6.10 Å². The molecule has 0 aromatic carbocycles. The fourth-order valence-electron chi connectivity index (χ4n) is 0.962. The molecule has 1 aliphatic heterocycles. The summed E-state index contributed by atoms with van der Waals surface area (Å²) in [7, 11) is 0. The zero-order chi connectivity index (χ0) is 5.98. The molecule has 0 spiro atoms. The standard InChI is InChI=1S/C5H10FNO/c1-4-2-5(8-6)3-7-4/h4-5,7H,2-3H2,1H3. The summed E-state index contributed by atoms with van der Waals surface area (Å²) in [6.07, 6.45) is 0.584. The van der Waals surface area contributed by atoms with Crippen LogP contribution in [0.4, 0.5) is 4.53 Å². The molecule has 2 atom stereocenters. The smallest absolute Gasteiger partial charge is 0.112 e. The summed E-state index contributed by atoms with van der Waals surface area (Å²) in [6.45, 7) is 2.66. The molecule has 3 heteroatoms. The monoisotopic (exact) mass is 119 g/mol. The molecule has 0 amide bonds. The van der Waals surface area contributed by atoms with Gasteiger partial charge in [0, 0.05) is 12.6 Å². The molecule has 0 radical (unpaired) electrons. The zero-order valence-electron chi connectivity index (χ0n) is 4.86. The van der Waals surface area contributed by atoms with Gasteiger partial charge in [-0.3, -0.25) is 0 Å². The highest BCUT2D eigenvalue weighted by Crippen LogP contribution is 2.08. The Hall–Kier alpha value is -0.150. The topological polar surface area (TPSA) is 21.3 Å². The summed E-state index contributed by atoms with van der Waals surface area (Å²) in [5.41, 5.74) is 0. The number of nitrogens with one attached hydrogen (secondary N) is 1. The summed E-state index contributed by atoms with van der Waals surface area (Å²) in [4.78, 5) is 3.62. The number of hydrogen-bond acceptors (Lipinski definition) is 2. The lowest BCUT2D eigenvalue weighted by Crippen LogP contribution is -2.17. The maximum atomic E-state index is 11.3. The Morgan fingerprint density at radius 3 is 2.75 bits per heavy atom. The Morgan fingerprint density at radius 2 is 2.50 bits per heavy atom. The first-order chi connectivity index (χ1) is 3.83. The van der Waals surface area contributed by atoms with Crippen LogP contribution in [0, 0.1) is 0 Å². The molecule has 1 aliphatic rings. The van der Waals surface area contributed by atoms with Crippen molar-refractivity contribution in [3.63, 3.8) is 0 Å². The molecule has 48 valence electrons. The molecule has 1 rings (SSSR count). The van der Waals surface area contributed by atoms with Crippen LogP contribution in [-0.4, -0.2) is 18.7 Å². The molecule has 0 aromatic rings. The SMILES string of the molecule is CC1CC(OF)CN1. The van der Waals surface area contributed by atoms with Crippen LogP contribution < -0.4 is 5.32 Å². The van der Waals surface area contributed by atoms with Crippen LogP contribution in [0.3, 0.4) is 0 Å². The predicted molar refractivity (Wildman–Crippen MR) is 28.1 cm³/mol. The van der Waals surface area contributed by atoms with Crippen molar-refractivity contribution in [2.45, 2.75) is 25.5 Å². The van der Waals surface area contributed by atoms with Gasteiger partial charge in [0.1, 0.15) is 6.10 Å². The van der Waals surface area contributed by atoms with Crippen LogP contribution in [-0.2, 0) is 4.94 Å². The second-order valence-corrected chi connectivity index (χ2v) is 2.26. The van der Waals surface area contributed by atoms with Crippen molar-refractivity contribution >= 4 is 0 Å². The average molecular weight is 119 g/mol. The summed E-state index contributed by atoms with van der Waals surface area (Å²) in [5, 5.41) is 3.06. The third-order valence-corrected chi connectivity index (χ3v) is 1.44. The van der Waals surface area contributed by atoms with Gasteiger partial charge in [-0.1, -0.05) is 0 Å². The fourth-order valence-corrected chi connectivity index (χ4v) is 0.962.